The minimum absolute atomic E-state index is 0.0873. The Hall–Kier alpha value is -3.70. The maximum Gasteiger partial charge on any atom is 0.246 e. The molecule has 3 aromatic rings. The van der Waals surface area contributed by atoms with E-state index < -0.39 is 0 Å². The maximum absolute atomic E-state index is 12.1. The molecule has 5 rings (SSSR count). The predicted octanol–water partition coefficient (Wildman–Crippen LogP) is 2.81. The summed E-state index contributed by atoms with van der Waals surface area (Å²) in [5, 5.41) is 10.6. The number of fused-ring (bicyclic) bond motifs is 2. The molecular weight excluding hydrogens is 416 g/mol. The third-order valence-electron chi connectivity index (χ3n) is 5.69. The standard InChI is InChI=1S/C22H17ClN6O2/c1-2-18(30)28-5-6-29-14(10-28)11-31-21-19-17(26-12-27-22(19)29)7-15(20(21)23)16-9-25-4-3-13(16)8-24/h2-4,7,9,12,14H,1,5-6,10-11H2/t14-/m0/s1. The molecule has 2 aliphatic heterocycles. The van der Waals surface area contributed by atoms with Crippen molar-refractivity contribution >= 4 is 34.2 Å². The normalized spacial score (nSPS) is 17.4. The lowest BCUT2D eigenvalue weighted by Crippen LogP contribution is -2.56. The fourth-order valence-electron chi connectivity index (χ4n) is 4.19. The zero-order valence-corrected chi connectivity index (χ0v) is 17.2. The Bertz CT molecular complexity index is 1270. The molecule has 0 radical (unpaired) electrons. The molecule has 0 saturated carbocycles. The van der Waals surface area contributed by atoms with E-state index in [-0.39, 0.29) is 11.9 Å². The second-order valence-corrected chi connectivity index (χ2v) is 7.72. The van der Waals surface area contributed by atoms with Gasteiger partial charge in [-0.15, -0.1) is 0 Å². The van der Waals surface area contributed by atoms with Crippen molar-refractivity contribution in [2.75, 3.05) is 31.1 Å². The number of anilines is 1. The number of hydrogen-bond acceptors (Lipinski definition) is 7. The summed E-state index contributed by atoms with van der Waals surface area (Å²) >= 11 is 6.81. The van der Waals surface area contributed by atoms with Crippen molar-refractivity contribution in [2.24, 2.45) is 0 Å². The van der Waals surface area contributed by atoms with Gasteiger partial charge in [0.15, 0.2) is 5.75 Å². The Morgan fingerprint density at radius 2 is 2.23 bits per heavy atom. The van der Waals surface area contributed by atoms with Crippen molar-refractivity contribution in [3.63, 3.8) is 0 Å². The van der Waals surface area contributed by atoms with Gasteiger partial charge in [-0.1, -0.05) is 18.2 Å². The summed E-state index contributed by atoms with van der Waals surface area (Å²) in [6.45, 7) is 5.58. The number of pyridine rings is 1. The van der Waals surface area contributed by atoms with Gasteiger partial charge in [0.05, 0.1) is 33.6 Å². The molecule has 8 nitrogen and oxygen atoms in total. The van der Waals surface area contributed by atoms with E-state index in [2.05, 4.69) is 32.5 Å². The van der Waals surface area contributed by atoms with Crippen LogP contribution in [0.15, 0.2) is 43.5 Å². The van der Waals surface area contributed by atoms with Gasteiger partial charge in [-0.3, -0.25) is 9.78 Å². The van der Waals surface area contributed by atoms with Crippen LogP contribution >= 0.6 is 11.6 Å². The number of piperazine rings is 1. The van der Waals surface area contributed by atoms with Crippen LogP contribution in [-0.2, 0) is 4.79 Å². The number of halogens is 1. The van der Waals surface area contributed by atoms with Gasteiger partial charge in [-0.2, -0.15) is 5.26 Å². The summed E-state index contributed by atoms with van der Waals surface area (Å²) in [5.41, 5.74) is 2.36. The van der Waals surface area contributed by atoms with Crippen molar-refractivity contribution < 1.29 is 9.53 Å². The van der Waals surface area contributed by atoms with Crippen molar-refractivity contribution in [2.45, 2.75) is 6.04 Å². The zero-order chi connectivity index (χ0) is 21.5. The average Bonchev–Trinajstić information content (AvgIpc) is 2.98. The van der Waals surface area contributed by atoms with E-state index in [1.807, 2.05) is 6.07 Å². The summed E-state index contributed by atoms with van der Waals surface area (Å²) in [4.78, 5) is 29.2. The molecule has 2 aromatic heterocycles. The Labute approximate surface area is 183 Å². The van der Waals surface area contributed by atoms with Gasteiger partial charge < -0.3 is 14.5 Å². The minimum Gasteiger partial charge on any atom is -0.489 e. The topological polar surface area (TPSA) is 95.2 Å². The summed E-state index contributed by atoms with van der Waals surface area (Å²) in [6, 6.07) is 5.58. The van der Waals surface area contributed by atoms with Crippen LogP contribution in [-0.4, -0.2) is 58.0 Å². The second-order valence-electron chi connectivity index (χ2n) is 7.34. The molecular formula is C22H17ClN6O2. The predicted molar refractivity (Wildman–Crippen MR) is 116 cm³/mol. The fourth-order valence-corrected chi connectivity index (χ4v) is 4.50. The first-order valence-electron chi connectivity index (χ1n) is 9.75. The number of nitrogens with zero attached hydrogens (tertiary/aromatic N) is 6. The lowest BCUT2D eigenvalue weighted by Gasteiger charge is -2.40. The lowest BCUT2D eigenvalue weighted by molar-refractivity contribution is -0.126. The highest BCUT2D eigenvalue weighted by molar-refractivity contribution is 6.36. The summed E-state index contributed by atoms with van der Waals surface area (Å²) < 4.78 is 6.20. The lowest BCUT2D eigenvalue weighted by atomic mass is 10.00. The summed E-state index contributed by atoms with van der Waals surface area (Å²) in [7, 11) is 0. The van der Waals surface area contributed by atoms with E-state index in [9.17, 15) is 10.1 Å². The number of ether oxygens (including phenoxy) is 1. The van der Waals surface area contributed by atoms with Crippen LogP contribution in [0, 0.1) is 11.3 Å². The number of carbonyl (C=O) groups is 1. The van der Waals surface area contributed by atoms with Gasteiger partial charge in [0, 0.05) is 43.2 Å². The number of hydrogen-bond donors (Lipinski definition) is 0. The van der Waals surface area contributed by atoms with E-state index in [0.29, 0.717) is 59.2 Å². The largest absolute Gasteiger partial charge is 0.489 e. The SMILES string of the molecule is C=CC(=O)N1CCN2c3ncnc4cc(-c5cnccc5C#N)c(Cl)c(c34)OC[C@@H]2C1. The van der Waals surface area contributed by atoms with Gasteiger partial charge in [0.1, 0.15) is 18.8 Å². The van der Waals surface area contributed by atoms with E-state index in [0.717, 1.165) is 11.2 Å². The van der Waals surface area contributed by atoms with E-state index in [1.54, 1.807) is 23.4 Å². The van der Waals surface area contributed by atoms with Crippen molar-refractivity contribution in [1.29, 1.82) is 5.26 Å². The number of rotatable bonds is 2. The van der Waals surface area contributed by atoms with Gasteiger partial charge in [-0.25, -0.2) is 9.97 Å². The summed E-state index contributed by atoms with van der Waals surface area (Å²) in [6.07, 6.45) is 6.02. The molecule has 1 aromatic carbocycles. The molecule has 31 heavy (non-hydrogen) atoms. The first-order chi connectivity index (χ1) is 15.1. The first-order valence-corrected chi connectivity index (χ1v) is 10.1. The average molecular weight is 433 g/mol. The van der Waals surface area contributed by atoms with E-state index in [1.165, 1.54) is 12.4 Å². The quantitative estimate of drug-likeness (QED) is 0.574. The number of aromatic nitrogens is 3. The molecule has 1 saturated heterocycles. The van der Waals surface area contributed by atoms with Gasteiger partial charge in [-0.05, 0) is 18.2 Å². The zero-order valence-electron chi connectivity index (χ0n) is 16.5. The molecule has 2 aliphatic rings. The van der Waals surface area contributed by atoms with Crippen LogP contribution < -0.4 is 9.64 Å². The second kappa shape index (κ2) is 7.52. The number of amides is 1. The highest BCUT2D eigenvalue weighted by Crippen LogP contribution is 2.46. The van der Waals surface area contributed by atoms with Gasteiger partial charge in [0.25, 0.3) is 0 Å². The van der Waals surface area contributed by atoms with Crippen LogP contribution in [0.5, 0.6) is 5.75 Å². The molecule has 0 spiro atoms. The number of carbonyl (C=O) groups excluding carboxylic acids is 1. The number of nitriles is 1. The highest BCUT2D eigenvalue weighted by Gasteiger charge is 2.35. The molecule has 4 heterocycles. The molecule has 0 bridgehead atoms. The third kappa shape index (κ3) is 3.05. The van der Waals surface area contributed by atoms with Crippen molar-refractivity contribution in [1.82, 2.24) is 19.9 Å². The highest BCUT2D eigenvalue weighted by atomic mass is 35.5. The number of benzene rings is 1. The van der Waals surface area contributed by atoms with Crippen molar-refractivity contribution in [3.05, 3.63) is 54.1 Å². The maximum atomic E-state index is 12.1. The molecule has 0 N–H and O–H groups in total. The molecule has 1 atom stereocenters. The van der Waals surface area contributed by atoms with E-state index in [4.69, 9.17) is 16.3 Å². The van der Waals surface area contributed by atoms with Crippen LogP contribution in [0.25, 0.3) is 22.0 Å². The molecule has 1 amide bonds. The molecule has 154 valence electrons. The van der Waals surface area contributed by atoms with Crippen LogP contribution in [0.2, 0.25) is 5.02 Å². The van der Waals surface area contributed by atoms with Gasteiger partial charge >= 0.3 is 0 Å². The fraction of sp³-hybridized carbons (Fsp3) is 0.227. The Morgan fingerprint density at radius 1 is 1.35 bits per heavy atom. The Balaban J connectivity index is 1.66. The van der Waals surface area contributed by atoms with E-state index >= 15 is 0 Å². The molecule has 9 heteroatoms. The Morgan fingerprint density at radius 3 is 3.03 bits per heavy atom. The smallest absolute Gasteiger partial charge is 0.246 e. The van der Waals surface area contributed by atoms with Crippen LogP contribution in [0.3, 0.4) is 0 Å². The first kappa shape index (κ1) is 19.3. The van der Waals surface area contributed by atoms with Crippen LogP contribution in [0.1, 0.15) is 5.56 Å². The molecule has 0 unspecified atom stereocenters. The van der Waals surface area contributed by atoms with Gasteiger partial charge in [0.2, 0.25) is 5.91 Å². The Kier molecular flexibility index (Phi) is 4.68. The monoisotopic (exact) mass is 432 g/mol. The third-order valence-corrected chi connectivity index (χ3v) is 6.07. The molecule has 1 fully saturated rings. The van der Waals surface area contributed by atoms with Crippen molar-refractivity contribution in [3.8, 4) is 22.9 Å². The summed E-state index contributed by atoms with van der Waals surface area (Å²) in [5.74, 6) is 1.11. The minimum atomic E-state index is -0.102. The van der Waals surface area contributed by atoms with Crippen LogP contribution in [0.4, 0.5) is 5.82 Å². The molecule has 0 aliphatic carbocycles.